The number of carboxylic acids is 1. The first-order valence-corrected chi connectivity index (χ1v) is 10.4. The van der Waals surface area contributed by atoms with Gasteiger partial charge in [-0.2, -0.15) is 13.2 Å². The third-order valence-electron chi connectivity index (χ3n) is 4.72. The molecule has 1 atom stereocenters. The van der Waals surface area contributed by atoms with E-state index < -0.39 is 17.8 Å². The average Bonchev–Trinajstić information content (AvgIpc) is 3.08. The summed E-state index contributed by atoms with van der Waals surface area (Å²) < 4.78 is 38.9. The van der Waals surface area contributed by atoms with Crippen LogP contribution in [0.15, 0.2) is 24.4 Å². The van der Waals surface area contributed by atoms with Gasteiger partial charge in [-0.05, 0) is 35.4 Å². The largest absolute Gasteiger partial charge is 0.481 e. The van der Waals surface area contributed by atoms with Crippen LogP contribution in [-0.4, -0.2) is 34.1 Å². The number of halogens is 3. The van der Waals surface area contributed by atoms with Crippen LogP contribution in [0, 0.1) is 11.8 Å². The van der Waals surface area contributed by atoms with Gasteiger partial charge in [-0.25, -0.2) is 4.98 Å². The molecular weight excluding hydrogens is 409 g/mol. The van der Waals surface area contributed by atoms with Crippen LogP contribution in [0.2, 0.25) is 0 Å². The first kappa shape index (κ1) is 24.6. The molecule has 0 saturated carbocycles. The molecule has 3 N–H and O–H groups in total. The molecule has 2 aromatic rings. The molecule has 0 aliphatic carbocycles. The topological polar surface area (TPSA) is 81.2 Å². The van der Waals surface area contributed by atoms with Crippen LogP contribution < -0.4 is 10.2 Å². The number of carbonyl (C=O) groups is 1. The Bertz CT molecular complexity index is 868. The van der Waals surface area contributed by atoms with Crippen LogP contribution in [0.4, 0.5) is 30.5 Å². The molecule has 0 unspecified atom stereocenters. The fourth-order valence-electron chi connectivity index (χ4n) is 3.42. The Hall–Kier alpha value is -2.71. The lowest BCUT2D eigenvalue weighted by Gasteiger charge is -2.31. The van der Waals surface area contributed by atoms with Crippen LogP contribution in [0.1, 0.15) is 58.2 Å². The van der Waals surface area contributed by atoms with Gasteiger partial charge >= 0.3 is 12.1 Å². The third kappa shape index (κ3) is 7.18. The van der Waals surface area contributed by atoms with Gasteiger partial charge < -0.3 is 20.3 Å². The van der Waals surface area contributed by atoms with Crippen LogP contribution in [0.3, 0.4) is 0 Å². The highest BCUT2D eigenvalue weighted by molar-refractivity contribution is 5.75. The Morgan fingerprint density at radius 1 is 1.16 bits per heavy atom. The van der Waals surface area contributed by atoms with Gasteiger partial charge in [0, 0.05) is 13.1 Å². The zero-order chi connectivity index (χ0) is 23.3. The highest BCUT2D eigenvalue weighted by Gasteiger charge is 2.33. The Balaban J connectivity index is 2.47. The lowest BCUT2D eigenvalue weighted by atomic mass is 9.96. The van der Waals surface area contributed by atoms with E-state index in [2.05, 4.69) is 47.9 Å². The van der Waals surface area contributed by atoms with Crippen molar-refractivity contribution in [1.29, 1.82) is 0 Å². The maximum Gasteiger partial charge on any atom is 0.432 e. The number of hydrogen-bond donors (Lipinski definition) is 3. The monoisotopic (exact) mass is 440 g/mol. The molecule has 0 spiro atoms. The number of aliphatic carboxylic acids is 1. The number of rotatable bonds is 10. The van der Waals surface area contributed by atoms with Crippen molar-refractivity contribution < 1.29 is 23.1 Å². The maximum atomic E-state index is 13.0. The van der Waals surface area contributed by atoms with E-state index >= 15 is 0 Å². The summed E-state index contributed by atoms with van der Waals surface area (Å²) in [6.07, 6.45) is -3.81. The summed E-state index contributed by atoms with van der Waals surface area (Å²) in [4.78, 5) is 19.4. The molecule has 0 aliphatic rings. The Morgan fingerprint density at radius 2 is 1.77 bits per heavy atom. The van der Waals surface area contributed by atoms with Crippen molar-refractivity contribution in [3.63, 3.8) is 0 Å². The number of imidazole rings is 1. The molecule has 0 bridgehead atoms. The first-order valence-electron chi connectivity index (χ1n) is 10.4. The number of alkyl halides is 3. The molecule has 172 valence electrons. The van der Waals surface area contributed by atoms with Crippen LogP contribution in [0.5, 0.6) is 0 Å². The number of aromatic nitrogens is 2. The van der Waals surface area contributed by atoms with Gasteiger partial charge in [0.05, 0.1) is 24.0 Å². The number of aromatic amines is 1. The Labute approximate surface area is 180 Å². The van der Waals surface area contributed by atoms with Crippen molar-refractivity contribution in [3.05, 3.63) is 35.7 Å². The normalized spacial score (nSPS) is 13.0. The highest BCUT2D eigenvalue weighted by Crippen LogP contribution is 2.35. The number of benzene rings is 1. The molecule has 6 nitrogen and oxygen atoms in total. The summed E-state index contributed by atoms with van der Waals surface area (Å²) >= 11 is 0. The molecule has 0 amide bonds. The third-order valence-corrected chi connectivity index (χ3v) is 4.72. The lowest BCUT2D eigenvalue weighted by Crippen LogP contribution is -2.31. The highest BCUT2D eigenvalue weighted by atomic mass is 19.4. The zero-order valence-corrected chi connectivity index (χ0v) is 18.5. The van der Waals surface area contributed by atoms with E-state index in [1.165, 1.54) is 0 Å². The minimum Gasteiger partial charge on any atom is -0.481 e. The van der Waals surface area contributed by atoms with E-state index in [0.29, 0.717) is 17.5 Å². The minimum absolute atomic E-state index is 0.0225. The summed E-state index contributed by atoms with van der Waals surface area (Å²) in [5, 5.41) is 12.1. The van der Waals surface area contributed by atoms with Crippen LogP contribution in [-0.2, 0) is 11.0 Å². The second-order valence-corrected chi connectivity index (χ2v) is 8.74. The van der Waals surface area contributed by atoms with Gasteiger partial charge in [0.25, 0.3) is 0 Å². The van der Waals surface area contributed by atoms with E-state index in [0.717, 1.165) is 30.5 Å². The SMILES string of the molecule is CC(C)CN(CC(C)C)c1ccc([C@H](C)CC(=O)O)cc1Nc1ncc(C(F)(F)F)[nH]1. The second-order valence-electron chi connectivity index (χ2n) is 8.74. The number of H-pyrrole nitrogens is 1. The molecule has 0 saturated heterocycles. The van der Waals surface area contributed by atoms with Gasteiger partial charge in [-0.3, -0.25) is 4.79 Å². The van der Waals surface area contributed by atoms with E-state index in [1.807, 2.05) is 19.1 Å². The molecule has 1 heterocycles. The fourth-order valence-corrected chi connectivity index (χ4v) is 3.42. The first-order chi connectivity index (χ1) is 14.4. The van der Waals surface area contributed by atoms with Crippen LogP contribution >= 0.6 is 0 Å². The van der Waals surface area contributed by atoms with Crippen molar-refractivity contribution in [1.82, 2.24) is 9.97 Å². The predicted octanol–water partition coefficient (Wildman–Crippen LogP) is 5.87. The molecule has 1 aromatic carbocycles. The predicted molar refractivity (Wildman–Crippen MR) is 116 cm³/mol. The molecule has 31 heavy (non-hydrogen) atoms. The molecule has 0 fully saturated rings. The number of anilines is 3. The summed E-state index contributed by atoms with van der Waals surface area (Å²) in [7, 11) is 0. The molecular formula is C22H31F3N4O2. The van der Waals surface area contributed by atoms with Crippen molar-refractivity contribution in [2.24, 2.45) is 11.8 Å². The molecule has 0 radical (unpaired) electrons. The number of nitrogens with zero attached hydrogens (tertiary/aromatic N) is 2. The minimum atomic E-state index is -4.52. The van der Waals surface area contributed by atoms with Crippen molar-refractivity contribution in [3.8, 4) is 0 Å². The molecule has 2 rings (SSSR count). The van der Waals surface area contributed by atoms with Gasteiger partial charge in [-0.1, -0.05) is 40.7 Å². The van der Waals surface area contributed by atoms with Gasteiger partial charge in [0.2, 0.25) is 5.95 Å². The smallest absolute Gasteiger partial charge is 0.432 e. The number of nitrogens with one attached hydrogen (secondary N) is 2. The van der Waals surface area contributed by atoms with E-state index in [9.17, 15) is 18.0 Å². The average molecular weight is 441 g/mol. The lowest BCUT2D eigenvalue weighted by molar-refractivity contribution is -0.141. The molecule has 9 heteroatoms. The number of hydrogen-bond acceptors (Lipinski definition) is 4. The van der Waals surface area contributed by atoms with Crippen molar-refractivity contribution in [2.45, 2.75) is 53.1 Å². The van der Waals surface area contributed by atoms with E-state index in [-0.39, 0.29) is 18.3 Å². The molecule has 0 aliphatic heterocycles. The van der Waals surface area contributed by atoms with E-state index in [1.54, 1.807) is 6.07 Å². The Morgan fingerprint density at radius 3 is 2.26 bits per heavy atom. The van der Waals surface area contributed by atoms with Crippen molar-refractivity contribution in [2.75, 3.05) is 23.3 Å². The number of carboxylic acid groups (broad SMARTS) is 1. The second kappa shape index (κ2) is 10.1. The summed E-state index contributed by atoms with van der Waals surface area (Å²) in [6.45, 7) is 11.8. The van der Waals surface area contributed by atoms with E-state index in [4.69, 9.17) is 5.11 Å². The Kier molecular flexibility index (Phi) is 7.97. The summed E-state index contributed by atoms with van der Waals surface area (Å²) in [5.74, 6) is -0.438. The summed E-state index contributed by atoms with van der Waals surface area (Å²) in [6, 6.07) is 5.58. The van der Waals surface area contributed by atoms with Gasteiger partial charge in [0.15, 0.2) is 0 Å². The summed E-state index contributed by atoms with van der Waals surface area (Å²) in [5.41, 5.74) is 1.26. The van der Waals surface area contributed by atoms with Crippen LogP contribution in [0.25, 0.3) is 0 Å². The maximum absolute atomic E-state index is 13.0. The zero-order valence-electron chi connectivity index (χ0n) is 18.5. The van der Waals surface area contributed by atoms with Gasteiger partial charge in [0.1, 0.15) is 5.69 Å². The van der Waals surface area contributed by atoms with Crippen molar-refractivity contribution >= 4 is 23.3 Å². The molecule has 1 aromatic heterocycles. The quantitative estimate of drug-likeness (QED) is 0.431. The fraction of sp³-hybridized carbons (Fsp3) is 0.545. The standard InChI is InChI=1S/C22H31F3N4O2/c1-13(2)11-29(12-14(3)4)18-7-6-16(15(5)8-20(30)31)9-17(18)27-21-26-10-19(28-21)22(23,24)25/h6-7,9-10,13-15H,8,11-12H2,1-5H3,(H,30,31)(H2,26,27,28)/t15-/m1/s1. The van der Waals surface area contributed by atoms with Gasteiger partial charge in [-0.15, -0.1) is 0 Å².